The van der Waals surface area contributed by atoms with Crippen molar-refractivity contribution in [3.63, 3.8) is 0 Å². The van der Waals surface area contributed by atoms with Gasteiger partial charge in [0.05, 0.1) is 5.02 Å². The molecule has 19 heavy (non-hydrogen) atoms. The molecular formula is C13H11BrCl2N2O. The van der Waals surface area contributed by atoms with E-state index < -0.39 is 0 Å². The van der Waals surface area contributed by atoms with Gasteiger partial charge in [0.2, 0.25) is 5.88 Å². The Morgan fingerprint density at radius 1 is 1.26 bits per heavy atom. The van der Waals surface area contributed by atoms with Gasteiger partial charge >= 0.3 is 0 Å². The molecule has 0 saturated heterocycles. The number of aryl methyl sites for hydroxylation is 1. The van der Waals surface area contributed by atoms with Gasteiger partial charge < -0.3 is 4.74 Å². The van der Waals surface area contributed by atoms with Gasteiger partial charge in [-0.05, 0) is 25.1 Å². The van der Waals surface area contributed by atoms with E-state index in [0.29, 0.717) is 39.6 Å². The number of halogens is 3. The van der Waals surface area contributed by atoms with Crippen molar-refractivity contribution in [2.75, 3.05) is 0 Å². The van der Waals surface area contributed by atoms with E-state index in [1.165, 1.54) is 0 Å². The fraction of sp³-hybridized carbons (Fsp3) is 0.231. The Kier molecular flexibility index (Phi) is 4.66. The summed E-state index contributed by atoms with van der Waals surface area (Å²) < 4.78 is 6.62. The lowest BCUT2D eigenvalue weighted by molar-refractivity contribution is 0.454. The normalized spacial score (nSPS) is 10.6. The standard InChI is InChI=1S/C13H11BrCl2N2O/c1-3-11-17-12(16)7(2)13(18-11)19-10-5-4-8(14)6-9(10)15/h4-6H,3H2,1-2H3. The topological polar surface area (TPSA) is 35.0 Å². The van der Waals surface area contributed by atoms with E-state index in [0.717, 1.165) is 4.47 Å². The number of nitrogens with zero attached hydrogens (tertiary/aromatic N) is 2. The van der Waals surface area contributed by atoms with Crippen LogP contribution in [-0.2, 0) is 6.42 Å². The minimum atomic E-state index is 0.398. The van der Waals surface area contributed by atoms with Gasteiger partial charge in [0.25, 0.3) is 0 Å². The minimum absolute atomic E-state index is 0.398. The molecule has 1 heterocycles. The number of benzene rings is 1. The van der Waals surface area contributed by atoms with Crippen molar-refractivity contribution >= 4 is 39.1 Å². The molecule has 0 aliphatic heterocycles. The third-order valence-corrected chi connectivity index (χ3v) is 3.66. The average Bonchev–Trinajstić information content (AvgIpc) is 2.37. The first-order chi connectivity index (χ1) is 9.01. The second-order valence-corrected chi connectivity index (χ2v) is 5.57. The molecule has 1 aromatic heterocycles. The predicted molar refractivity (Wildman–Crippen MR) is 80.4 cm³/mol. The molecule has 0 aliphatic carbocycles. The Morgan fingerprint density at radius 2 is 2.00 bits per heavy atom. The molecule has 2 rings (SSSR count). The molecule has 0 aliphatic rings. The van der Waals surface area contributed by atoms with E-state index in [9.17, 15) is 0 Å². The summed E-state index contributed by atoms with van der Waals surface area (Å²) in [5.74, 6) is 1.60. The number of ether oxygens (including phenoxy) is 1. The van der Waals surface area contributed by atoms with Crippen LogP contribution < -0.4 is 4.74 Å². The van der Waals surface area contributed by atoms with Crippen molar-refractivity contribution in [1.82, 2.24) is 9.97 Å². The molecule has 0 saturated carbocycles. The van der Waals surface area contributed by atoms with Crippen LogP contribution in [0.3, 0.4) is 0 Å². The van der Waals surface area contributed by atoms with Gasteiger partial charge in [-0.1, -0.05) is 46.1 Å². The highest BCUT2D eigenvalue weighted by atomic mass is 79.9. The molecule has 0 radical (unpaired) electrons. The van der Waals surface area contributed by atoms with Gasteiger partial charge in [-0.25, -0.2) is 4.98 Å². The van der Waals surface area contributed by atoms with Gasteiger partial charge in [0, 0.05) is 16.5 Å². The summed E-state index contributed by atoms with van der Waals surface area (Å²) >= 11 is 15.5. The van der Waals surface area contributed by atoms with E-state index in [4.69, 9.17) is 27.9 Å². The third-order valence-electron chi connectivity index (χ3n) is 2.50. The van der Waals surface area contributed by atoms with Crippen molar-refractivity contribution in [2.45, 2.75) is 20.3 Å². The first-order valence-electron chi connectivity index (χ1n) is 5.67. The van der Waals surface area contributed by atoms with Crippen LogP contribution in [0.15, 0.2) is 22.7 Å². The maximum absolute atomic E-state index is 6.11. The Labute approximate surface area is 130 Å². The largest absolute Gasteiger partial charge is 0.437 e. The van der Waals surface area contributed by atoms with E-state index in [1.54, 1.807) is 12.1 Å². The van der Waals surface area contributed by atoms with E-state index >= 15 is 0 Å². The summed E-state index contributed by atoms with van der Waals surface area (Å²) in [6, 6.07) is 5.38. The lowest BCUT2D eigenvalue weighted by Crippen LogP contribution is -2.00. The zero-order chi connectivity index (χ0) is 14.0. The zero-order valence-corrected chi connectivity index (χ0v) is 13.5. The van der Waals surface area contributed by atoms with Gasteiger partial charge in [0.15, 0.2) is 0 Å². The van der Waals surface area contributed by atoms with Crippen molar-refractivity contribution in [2.24, 2.45) is 0 Å². The summed E-state index contributed by atoms with van der Waals surface area (Å²) in [5.41, 5.74) is 0.692. The van der Waals surface area contributed by atoms with E-state index in [-0.39, 0.29) is 0 Å². The highest BCUT2D eigenvalue weighted by Gasteiger charge is 2.12. The number of aromatic nitrogens is 2. The van der Waals surface area contributed by atoms with Crippen LogP contribution in [0.4, 0.5) is 0 Å². The SMILES string of the molecule is CCc1nc(Cl)c(C)c(Oc2ccc(Br)cc2Cl)n1. The van der Waals surface area contributed by atoms with Crippen molar-refractivity contribution in [3.8, 4) is 11.6 Å². The zero-order valence-electron chi connectivity index (χ0n) is 10.4. The molecular weight excluding hydrogens is 351 g/mol. The molecule has 0 unspecified atom stereocenters. The summed E-state index contributed by atoms with van der Waals surface area (Å²) in [6.45, 7) is 3.77. The molecule has 0 atom stereocenters. The highest BCUT2D eigenvalue weighted by molar-refractivity contribution is 9.10. The maximum atomic E-state index is 6.11. The van der Waals surface area contributed by atoms with Crippen molar-refractivity contribution in [1.29, 1.82) is 0 Å². The van der Waals surface area contributed by atoms with Crippen LogP contribution in [0.2, 0.25) is 10.2 Å². The lowest BCUT2D eigenvalue weighted by Gasteiger charge is -2.11. The number of rotatable bonds is 3. The molecule has 0 bridgehead atoms. The Morgan fingerprint density at radius 3 is 2.63 bits per heavy atom. The first kappa shape index (κ1) is 14.6. The summed E-state index contributed by atoms with van der Waals surface area (Å²) in [5, 5.41) is 0.900. The summed E-state index contributed by atoms with van der Waals surface area (Å²) in [4.78, 5) is 8.49. The van der Waals surface area contributed by atoms with E-state index in [2.05, 4.69) is 25.9 Å². The number of hydrogen-bond donors (Lipinski definition) is 0. The molecule has 1 aromatic carbocycles. The van der Waals surface area contributed by atoms with Crippen LogP contribution in [0.5, 0.6) is 11.6 Å². The second kappa shape index (κ2) is 6.07. The van der Waals surface area contributed by atoms with Crippen LogP contribution in [-0.4, -0.2) is 9.97 Å². The maximum Gasteiger partial charge on any atom is 0.227 e. The molecule has 3 nitrogen and oxygen atoms in total. The molecule has 0 fully saturated rings. The van der Waals surface area contributed by atoms with Gasteiger partial charge in [-0.2, -0.15) is 4.98 Å². The van der Waals surface area contributed by atoms with Crippen LogP contribution in [0, 0.1) is 6.92 Å². The van der Waals surface area contributed by atoms with Crippen molar-refractivity contribution < 1.29 is 4.74 Å². The van der Waals surface area contributed by atoms with E-state index in [1.807, 2.05) is 19.9 Å². The van der Waals surface area contributed by atoms with Gasteiger partial charge in [0.1, 0.15) is 16.7 Å². The Balaban J connectivity index is 2.40. The van der Waals surface area contributed by atoms with Crippen LogP contribution >= 0.6 is 39.1 Å². The van der Waals surface area contributed by atoms with Crippen molar-refractivity contribution in [3.05, 3.63) is 44.2 Å². The second-order valence-electron chi connectivity index (χ2n) is 3.89. The molecule has 100 valence electrons. The Bertz CT molecular complexity index is 620. The molecule has 0 spiro atoms. The first-order valence-corrected chi connectivity index (χ1v) is 7.22. The fourth-order valence-corrected chi connectivity index (χ4v) is 2.32. The molecule has 2 aromatic rings. The Hall–Kier alpha value is -0.840. The molecule has 0 N–H and O–H groups in total. The third kappa shape index (κ3) is 3.38. The summed E-state index contributed by atoms with van der Waals surface area (Å²) in [6.07, 6.45) is 0.685. The predicted octanol–water partition coefficient (Wildman–Crippen LogP) is 5.21. The molecule has 0 amide bonds. The fourth-order valence-electron chi connectivity index (χ4n) is 1.43. The average molecular weight is 362 g/mol. The lowest BCUT2D eigenvalue weighted by atomic mass is 10.3. The smallest absolute Gasteiger partial charge is 0.227 e. The van der Waals surface area contributed by atoms with Crippen LogP contribution in [0.1, 0.15) is 18.3 Å². The van der Waals surface area contributed by atoms with Crippen LogP contribution in [0.25, 0.3) is 0 Å². The van der Waals surface area contributed by atoms with Gasteiger partial charge in [-0.15, -0.1) is 0 Å². The monoisotopic (exact) mass is 360 g/mol. The minimum Gasteiger partial charge on any atom is -0.437 e. The summed E-state index contributed by atoms with van der Waals surface area (Å²) in [7, 11) is 0. The highest BCUT2D eigenvalue weighted by Crippen LogP contribution is 2.33. The quantitative estimate of drug-likeness (QED) is 0.704. The number of hydrogen-bond acceptors (Lipinski definition) is 3. The molecule has 6 heteroatoms. The van der Waals surface area contributed by atoms with Gasteiger partial charge in [-0.3, -0.25) is 0 Å².